The average molecular weight is 315 g/mol. The molecule has 0 bridgehead atoms. The van der Waals surface area contributed by atoms with Crippen molar-refractivity contribution in [2.45, 2.75) is 0 Å². The van der Waals surface area contributed by atoms with Gasteiger partial charge >= 0.3 is 0 Å². The molecule has 1 aliphatic heterocycles. The van der Waals surface area contributed by atoms with Gasteiger partial charge in [0.25, 0.3) is 0 Å². The highest BCUT2D eigenvalue weighted by atomic mass is 79.9. The van der Waals surface area contributed by atoms with E-state index in [9.17, 15) is 4.39 Å². The van der Waals surface area contributed by atoms with E-state index in [1.54, 1.807) is 12.1 Å². The molecule has 2 rings (SSSR count). The number of likely N-dealkylation sites (N-methyl/N-ethyl adjacent to an activating group) is 1. The van der Waals surface area contributed by atoms with E-state index < -0.39 is 0 Å². The number of hydrogen-bond donors (Lipinski definition) is 0. The van der Waals surface area contributed by atoms with Gasteiger partial charge < -0.3 is 4.90 Å². The summed E-state index contributed by atoms with van der Waals surface area (Å²) >= 11 is 9.12. The minimum absolute atomic E-state index is 0.338. The lowest BCUT2D eigenvalue weighted by Gasteiger charge is -2.27. The Morgan fingerprint density at radius 2 is 2.06 bits per heavy atom. The lowest BCUT2D eigenvalue weighted by Crippen LogP contribution is -2.18. The van der Waals surface area contributed by atoms with Crippen LogP contribution >= 0.6 is 27.5 Å². The molecular formula is C13H10BrClFN. The monoisotopic (exact) mass is 313 g/mol. The van der Waals surface area contributed by atoms with Crippen molar-refractivity contribution in [1.82, 2.24) is 4.90 Å². The smallest absolute Gasteiger partial charge is 0.134 e. The van der Waals surface area contributed by atoms with Crippen molar-refractivity contribution in [3.8, 4) is 0 Å². The largest absolute Gasteiger partial charge is 0.344 e. The van der Waals surface area contributed by atoms with E-state index in [0.717, 1.165) is 15.9 Å². The van der Waals surface area contributed by atoms with E-state index in [1.807, 2.05) is 24.1 Å². The quantitative estimate of drug-likeness (QED) is 0.734. The lowest BCUT2D eigenvalue weighted by atomic mass is 10.1. The normalized spacial score (nSPS) is 15.8. The molecule has 0 spiro atoms. The van der Waals surface area contributed by atoms with Crippen molar-refractivity contribution < 1.29 is 4.39 Å². The first-order chi connectivity index (χ1) is 8.00. The van der Waals surface area contributed by atoms with Gasteiger partial charge in [0.15, 0.2) is 0 Å². The Hall–Kier alpha value is -1.06. The maximum atomic E-state index is 13.8. The van der Waals surface area contributed by atoms with Crippen LogP contribution in [0.25, 0.3) is 5.70 Å². The Kier molecular flexibility index (Phi) is 3.40. The Labute approximate surface area is 113 Å². The first-order valence-electron chi connectivity index (χ1n) is 4.96. The van der Waals surface area contributed by atoms with Crippen LogP contribution in [-0.2, 0) is 0 Å². The van der Waals surface area contributed by atoms with Gasteiger partial charge in [0.2, 0.25) is 0 Å². The van der Waals surface area contributed by atoms with Gasteiger partial charge in [-0.2, -0.15) is 0 Å². The molecule has 0 saturated carbocycles. The van der Waals surface area contributed by atoms with Gasteiger partial charge in [-0.3, -0.25) is 0 Å². The highest BCUT2D eigenvalue weighted by Gasteiger charge is 2.18. The minimum Gasteiger partial charge on any atom is -0.344 e. The number of nitrogens with zero attached hydrogens (tertiary/aromatic N) is 1. The zero-order chi connectivity index (χ0) is 12.6. The first-order valence-corrected chi connectivity index (χ1v) is 6.13. The highest BCUT2D eigenvalue weighted by Crippen LogP contribution is 2.33. The van der Waals surface area contributed by atoms with Crippen LogP contribution in [0.1, 0.15) is 5.56 Å². The molecule has 0 radical (unpaired) electrons. The van der Waals surface area contributed by atoms with Crippen LogP contribution in [-0.4, -0.2) is 11.9 Å². The van der Waals surface area contributed by atoms with Crippen molar-refractivity contribution in [2.75, 3.05) is 7.05 Å². The number of allylic oxidation sites excluding steroid dienone is 3. The number of rotatable bonds is 1. The van der Waals surface area contributed by atoms with Crippen molar-refractivity contribution in [1.29, 1.82) is 0 Å². The standard InChI is InChI=1S/C13H10BrClFN/c1-8-11(14)5-6-13(17(8)2)10-4-3-9(15)7-12(10)16/h3-7H,1H2,2H3. The van der Waals surface area contributed by atoms with E-state index in [1.165, 1.54) is 6.07 Å². The second kappa shape index (κ2) is 4.67. The van der Waals surface area contributed by atoms with Crippen LogP contribution in [0.2, 0.25) is 5.02 Å². The van der Waals surface area contributed by atoms with Gasteiger partial charge in [0.05, 0.1) is 5.70 Å². The third-order valence-corrected chi connectivity index (χ3v) is 3.59. The molecule has 0 aromatic heterocycles. The molecule has 1 heterocycles. The molecule has 17 heavy (non-hydrogen) atoms. The lowest BCUT2D eigenvalue weighted by molar-refractivity contribution is 0.586. The Morgan fingerprint density at radius 3 is 2.71 bits per heavy atom. The van der Waals surface area contributed by atoms with Crippen LogP contribution in [0, 0.1) is 5.82 Å². The summed E-state index contributed by atoms with van der Waals surface area (Å²) in [6, 6.07) is 4.65. The van der Waals surface area contributed by atoms with Crippen LogP contribution in [0.3, 0.4) is 0 Å². The molecule has 88 valence electrons. The predicted octanol–water partition coefficient (Wildman–Crippen LogP) is 4.56. The molecule has 0 unspecified atom stereocenters. The summed E-state index contributed by atoms with van der Waals surface area (Å²) in [5.41, 5.74) is 2.05. The molecule has 1 aromatic carbocycles. The van der Waals surface area contributed by atoms with Crippen molar-refractivity contribution in [3.63, 3.8) is 0 Å². The van der Waals surface area contributed by atoms with Gasteiger partial charge in [-0.1, -0.05) is 18.2 Å². The summed E-state index contributed by atoms with van der Waals surface area (Å²) in [7, 11) is 1.84. The van der Waals surface area contributed by atoms with Crippen LogP contribution < -0.4 is 0 Å². The molecule has 0 atom stereocenters. The number of halogens is 3. The maximum Gasteiger partial charge on any atom is 0.134 e. The second-order valence-electron chi connectivity index (χ2n) is 3.70. The summed E-state index contributed by atoms with van der Waals surface area (Å²) in [5, 5.41) is 0.390. The first kappa shape index (κ1) is 12.4. The zero-order valence-corrected chi connectivity index (χ0v) is 11.5. The van der Waals surface area contributed by atoms with Crippen molar-refractivity contribution in [2.24, 2.45) is 0 Å². The van der Waals surface area contributed by atoms with Gasteiger partial charge in [-0.05, 0) is 46.3 Å². The average Bonchev–Trinajstić information content (AvgIpc) is 2.28. The fourth-order valence-electron chi connectivity index (χ4n) is 1.63. The molecule has 1 aromatic rings. The van der Waals surface area contributed by atoms with Crippen molar-refractivity contribution >= 4 is 33.2 Å². The molecule has 1 aliphatic rings. The summed E-state index contributed by atoms with van der Waals surface area (Å²) in [4.78, 5) is 1.83. The number of benzene rings is 1. The summed E-state index contributed by atoms with van der Waals surface area (Å²) in [6.45, 7) is 3.92. The molecule has 1 nitrogen and oxygen atoms in total. The van der Waals surface area contributed by atoms with E-state index in [-0.39, 0.29) is 5.82 Å². The van der Waals surface area contributed by atoms with Gasteiger partial charge in [0, 0.05) is 27.8 Å². The van der Waals surface area contributed by atoms with Crippen LogP contribution in [0.15, 0.2) is 47.1 Å². The molecule has 4 heteroatoms. The molecule has 0 aliphatic carbocycles. The second-order valence-corrected chi connectivity index (χ2v) is 4.99. The van der Waals surface area contributed by atoms with Gasteiger partial charge in [0.1, 0.15) is 5.82 Å². The Bertz CT molecular complexity index is 548. The SMILES string of the molecule is C=C1C(Br)=CC=C(c2ccc(Cl)cc2F)N1C. The fourth-order valence-corrected chi connectivity index (χ4v) is 2.19. The van der Waals surface area contributed by atoms with Crippen LogP contribution in [0.4, 0.5) is 4.39 Å². The Morgan fingerprint density at radius 1 is 1.35 bits per heavy atom. The summed E-state index contributed by atoms with van der Waals surface area (Å²) in [5.74, 6) is -0.338. The third kappa shape index (κ3) is 2.31. The van der Waals surface area contributed by atoms with E-state index in [4.69, 9.17) is 11.6 Å². The fraction of sp³-hybridized carbons (Fsp3) is 0.0769. The topological polar surface area (TPSA) is 3.24 Å². The van der Waals surface area contributed by atoms with E-state index in [0.29, 0.717) is 10.6 Å². The Balaban J connectivity index is 2.51. The zero-order valence-electron chi connectivity index (χ0n) is 9.17. The van der Waals surface area contributed by atoms with E-state index >= 15 is 0 Å². The summed E-state index contributed by atoms with van der Waals surface area (Å²) < 4.78 is 14.7. The van der Waals surface area contributed by atoms with Crippen molar-refractivity contribution in [3.05, 3.63) is 63.5 Å². The van der Waals surface area contributed by atoms with Crippen LogP contribution in [0.5, 0.6) is 0 Å². The van der Waals surface area contributed by atoms with E-state index in [2.05, 4.69) is 22.5 Å². The van der Waals surface area contributed by atoms with Gasteiger partial charge in [-0.15, -0.1) is 0 Å². The molecule has 0 saturated heterocycles. The molecule has 0 N–H and O–H groups in total. The highest BCUT2D eigenvalue weighted by molar-refractivity contribution is 9.12. The summed E-state index contributed by atoms with van der Waals surface area (Å²) in [6.07, 6.45) is 3.69. The number of hydrogen-bond acceptors (Lipinski definition) is 1. The maximum absolute atomic E-state index is 13.8. The van der Waals surface area contributed by atoms with Gasteiger partial charge in [-0.25, -0.2) is 4.39 Å². The molecule has 0 fully saturated rings. The molecular weight excluding hydrogens is 305 g/mol. The predicted molar refractivity (Wildman–Crippen MR) is 73.3 cm³/mol. The minimum atomic E-state index is -0.338. The molecule has 0 amide bonds. The third-order valence-electron chi connectivity index (χ3n) is 2.64.